The predicted octanol–water partition coefficient (Wildman–Crippen LogP) is 4.20. The van der Waals surface area contributed by atoms with Crippen molar-refractivity contribution >= 4 is 38.9 Å². The average molecular weight is 491 g/mol. The Balaban J connectivity index is 1.62. The van der Waals surface area contributed by atoms with Gasteiger partial charge in [-0.05, 0) is 54.6 Å². The van der Waals surface area contributed by atoms with Crippen molar-refractivity contribution in [1.82, 2.24) is 0 Å². The van der Waals surface area contributed by atoms with Gasteiger partial charge in [-0.15, -0.1) is 0 Å². The Morgan fingerprint density at radius 1 is 0.970 bits per heavy atom. The lowest BCUT2D eigenvalue weighted by molar-refractivity contribution is -0.120. The van der Waals surface area contributed by atoms with Crippen molar-refractivity contribution in [3.63, 3.8) is 0 Å². The average Bonchev–Trinajstić information content (AvgIpc) is 2.82. The molecule has 0 saturated heterocycles. The number of ether oxygens (including phenoxy) is 3. The van der Waals surface area contributed by atoms with E-state index < -0.39 is 10.0 Å². The van der Waals surface area contributed by atoms with Gasteiger partial charge >= 0.3 is 0 Å². The fraction of sp³-hybridized carbons (Fsp3) is 0.174. The van der Waals surface area contributed by atoms with Gasteiger partial charge in [-0.3, -0.25) is 9.52 Å². The number of rotatable bonds is 9. The first-order chi connectivity index (χ1) is 15.7. The lowest BCUT2D eigenvalue weighted by Gasteiger charge is -2.18. The maximum Gasteiger partial charge on any atom is 0.264 e. The minimum atomic E-state index is -3.85. The molecule has 1 N–H and O–H groups in total. The smallest absolute Gasteiger partial charge is 0.264 e. The molecule has 0 spiro atoms. The summed E-state index contributed by atoms with van der Waals surface area (Å²) in [6, 6.07) is 17.4. The number of carbonyl (C=O) groups is 1. The van der Waals surface area contributed by atoms with Crippen molar-refractivity contribution in [3.05, 3.63) is 71.8 Å². The minimum absolute atomic E-state index is 0.0293. The molecule has 1 amide bonds. The van der Waals surface area contributed by atoms with E-state index in [9.17, 15) is 13.2 Å². The van der Waals surface area contributed by atoms with Crippen LogP contribution in [0.5, 0.6) is 17.2 Å². The molecule has 0 atom stereocenters. The number of likely N-dealkylation sites (N-methyl/N-ethyl adjacent to an activating group) is 1. The van der Waals surface area contributed by atoms with E-state index in [0.717, 1.165) is 0 Å². The van der Waals surface area contributed by atoms with Crippen LogP contribution in [-0.2, 0) is 14.8 Å². The fourth-order valence-electron chi connectivity index (χ4n) is 2.86. The van der Waals surface area contributed by atoms with E-state index in [1.807, 2.05) is 0 Å². The highest BCUT2D eigenvalue weighted by atomic mass is 35.5. The molecule has 10 heteroatoms. The summed E-state index contributed by atoms with van der Waals surface area (Å²) in [6.07, 6.45) is 0. The zero-order chi connectivity index (χ0) is 24.0. The monoisotopic (exact) mass is 490 g/mol. The molecule has 0 unspecified atom stereocenters. The van der Waals surface area contributed by atoms with Crippen LogP contribution >= 0.6 is 11.6 Å². The van der Waals surface area contributed by atoms with Gasteiger partial charge in [0, 0.05) is 18.8 Å². The molecule has 0 aliphatic rings. The SMILES string of the molecule is COc1cccc(N(C)C(=O)COc2ccc(S(=O)(=O)Nc3ccc(OC)c(Cl)c3)cc2)c1. The van der Waals surface area contributed by atoms with Gasteiger partial charge in [-0.2, -0.15) is 0 Å². The number of methoxy groups -OCH3 is 2. The Bertz CT molecular complexity index is 1230. The lowest BCUT2D eigenvalue weighted by Crippen LogP contribution is -2.31. The maximum atomic E-state index is 12.6. The van der Waals surface area contributed by atoms with Crippen LogP contribution in [-0.4, -0.2) is 42.2 Å². The number of anilines is 2. The molecule has 0 bridgehead atoms. The van der Waals surface area contributed by atoms with Gasteiger partial charge in [0.05, 0.1) is 29.8 Å². The van der Waals surface area contributed by atoms with Gasteiger partial charge < -0.3 is 19.1 Å². The summed E-state index contributed by atoms with van der Waals surface area (Å²) in [7, 11) is 0.809. The van der Waals surface area contributed by atoms with E-state index in [1.165, 1.54) is 42.3 Å². The third-order valence-electron chi connectivity index (χ3n) is 4.72. The van der Waals surface area contributed by atoms with Crippen LogP contribution in [0.3, 0.4) is 0 Å². The van der Waals surface area contributed by atoms with E-state index in [0.29, 0.717) is 28.6 Å². The number of hydrogen-bond donors (Lipinski definition) is 1. The Morgan fingerprint density at radius 3 is 2.33 bits per heavy atom. The van der Waals surface area contributed by atoms with Crippen LogP contribution in [0, 0.1) is 0 Å². The predicted molar refractivity (Wildman–Crippen MR) is 127 cm³/mol. The van der Waals surface area contributed by atoms with Gasteiger partial charge in [0.1, 0.15) is 17.2 Å². The number of benzene rings is 3. The van der Waals surface area contributed by atoms with Gasteiger partial charge in [0.2, 0.25) is 0 Å². The van der Waals surface area contributed by atoms with Crippen LogP contribution in [0.25, 0.3) is 0 Å². The second-order valence-corrected chi connectivity index (χ2v) is 8.96. The molecule has 0 aliphatic carbocycles. The summed E-state index contributed by atoms with van der Waals surface area (Å²) in [6.45, 7) is -0.220. The number of sulfonamides is 1. The van der Waals surface area contributed by atoms with Crippen LogP contribution in [0.4, 0.5) is 11.4 Å². The van der Waals surface area contributed by atoms with Crippen molar-refractivity contribution in [1.29, 1.82) is 0 Å². The second kappa shape index (κ2) is 10.5. The molecule has 3 rings (SSSR count). The van der Waals surface area contributed by atoms with Crippen molar-refractivity contribution in [2.75, 3.05) is 37.5 Å². The number of amides is 1. The van der Waals surface area contributed by atoms with Crippen LogP contribution < -0.4 is 23.8 Å². The van der Waals surface area contributed by atoms with E-state index in [-0.39, 0.29) is 22.4 Å². The van der Waals surface area contributed by atoms with Crippen LogP contribution in [0.15, 0.2) is 71.6 Å². The number of hydrogen-bond acceptors (Lipinski definition) is 6. The Kier molecular flexibility index (Phi) is 7.67. The molecule has 8 nitrogen and oxygen atoms in total. The Morgan fingerprint density at radius 2 is 1.70 bits per heavy atom. The number of carbonyl (C=O) groups excluding carboxylic acids is 1. The summed E-state index contributed by atoms with van der Waals surface area (Å²) in [5.41, 5.74) is 0.960. The molecule has 0 heterocycles. The Hall–Kier alpha value is -3.43. The number of nitrogens with zero attached hydrogens (tertiary/aromatic N) is 1. The van der Waals surface area contributed by atoms with Crippen molar-refractivity contribution in [2.24, 2.45) is 0 Å². The third kappa shape index (κ3) is 6.09. The molecule has 0 aromatic heterocycles. The molecule has 33 heavy (non-hydrogen) atoms. The standard InChI is InChI=1S/C23H23ClN2O6S/c1-26(17-5-4-6-19(14-17)30-2)23(27)15-32-18-8-10-20(11-9-18)33(28,29)25-16-7-12-22(31-3)21(24)13-16/h4-14,25H,15H2,1-3H3. The zero-order valence-electron chi connectivity index (χ0n) is 18.2. The van der Waals surface area contributed by atoms with Crippen molar-refractivity contribution in [3.8, 4) is 17.2 Å². The molecule has 3 aromatic carbocycles. The first-order valence-corrected chi connectivity index (χ1v) is 11.6. The largest absolute Gasteiger partial charge is 0.497 e. The van der Waals surface area contributed by atoms with Crippen LogP contribution in [0.2, 0.25) is 5.02 Å². The zero-order valence-corrected chi connectivity index (χ0v) is 19.8. The van der Waals surface area contributed by atoms with Gasteiger partial charge in [0.25, 0.3) is 15.9 Å². The summed E-state index contributed by atoms with van der Waals surface area (Å²) in [5, 5.41) is 0.282. The highest BCUT2D eigenvalue weighted by molar-refractivity contribution is 7.92. The summed E-state index contributed by atoms with van der Waals surface area (Å²) < 4.78 is 43.5. The van der Waals surface area contributed by atoms with Gasteiger partial charge in [-0.1, -0.05) is 17.7 Å². The van der Waals surface area contributed by atoms with Gasteiger partial charge in [0.15, 0.2) is 6.61 Å². The van der Waals surface area contributed by atoms with Crippen molar-refractivity contribution < 1.29 is 27.4 Å². The van der Waals surface area contributed by atoms with Crippen molar-refractivity contribution in [2.45, 2.75) is 4.90 Å². The first kappa shape index (κ1) is 24.2. The minimum Gasteiger partial charge on any atom is -0.497 e. The number of nitrogens with one attached hydrogen (secondary N) is 1. The van der Waals surface area contributed by atoms with E-state index in [4.69, 9.17) is 25.8 Å². The highest BCUT2D eigenvalue weighted by Crippen LogP contribution is 2.28. The quantitative estimate of drug-likeness (QED) is 0.483. The molecule has 0 fully saturated rings. The summed E-state index contributed by atoms with van der Waals surface area (Å²) in [5.74, 6) is 1.15. The van der Waals surface area contributed by atoms with E-state index in [2.05, 4.69) is 4.72 Å². The third-order valence-corrected chi connectivity index (χ3v) is 6.41. The lowest BCUT2D eigenvalue weighted by atomic mass is 10.3. The first-order valence-electron chi connectivity index (χ1n) is 9.73. The Labute approximate surface area is 197 Å². The van der Waals surface area contributed by atoms with E-state index >= 15 is 0 Å². The molecule has 0 radical (unpaired) electrons. The maximum absolute atomic E-state index is 12.6. The number of halogens is 1. The van der Waals surface area contributed by atoms with Crippen LogP contribution in [0.1, 0.15) is 0 Å². The molecular weight excluding hydrogens is 468 g/mol. The summed E-state index contributed by atoms with van der Waals surface area (Å²) >= 11 is 6.05. The fourth-order valence-corrected chi connectivity index (χ4v) is 4.17. The molecule has 174 valence electrons. The molecule has 0 saturated carbocycles. The normalized spacial score (nSPS) is 10.9. The molecular formula is C23H23ClN2O6S. The highest BCUT2D eigenvalue weighted by Gasteiger charge is 2.16. The van der Waals surface area contributed by atoms with E-state index in [1.54, 1.807) is 50.6 Å². The second-order valence-electron chi connectivity index (χ2n) is 6.87. The molecule has 3 aromatic rings. The van der Waals surface area contributed by atoms with Gasteiger partial charge in [-0.25, -0.2) is 8.42 Å². The topological polar surface area (TPSA) is 94.2 Å². The molecule has 0 aliphatic heterocycles. The summed E-state index contributed by atoms with van der Waals surface area (Å²) in [4.78, 5) is 13.9.